The van der Waals surface area contributed by atoms with E-state index in [4.69, 9.17) is 4.74 Å². The third kappa shape index (κ3) is 2.33. The van der Waals surface area contributed by atoms with Crippen molar-refractivity contribution in [3.05, 3.63) is 48.0 Å². The molecule has 0 fully saturated rings. The SMILES string of the molecule is COc1cc(-c2ccccc2C(C)C)ccc1O. The van der Waals surface area contributed by atoms with Gasteiger partial charge < -0.3 is 9.84 Å². The van der Waals surface area contributed by atoms with Crippen molar-refractivity contribution >= 4 is 0 Å². The zero-order chi connectivity index (χ0) is 13.1. The third-order valence-corrected chi connectivity index (χ3v) is 3.07. The Morgan fingerprint density at radius 2 is 1.78 bits per heavy atom. The fourth-order valence-electron chi connectivity index (χ4n) is 2.11. The second kappa shape index (κ2) is 5.13. The number of phenols is 1. The number of hydrogen-bond acceptors (Lipinski definition) is 2. The molecule has 1 N–H and O–H groups in total. The molecule has 0 spiro atoms. The fraction of sp³-hybridized carbons (Fsp3) is 0.250. The van der Waals surface area contributed by atoms with Gasteiger partial charge in [-0.2, -0.15) is 0 Å². The summed E-state index contributed by atoms with van der Waals surface area (Å²) in [5.41, 5.74) is 3.55. The monoisotopic (exact) mass is 242 g/mol. The first-order chi connectivity index (χ1) is 8.63. The van der Waals surface area contributed by atoms with Crippen LogP contribution < -0.4 is 4.74 Å². The van der Waals surface area contributed by atoms with E-state index in [1.807, 2.05) is 18.2 Å². The van der Waals surface area contributed by atoms with Crippen molar-refractivity contribution in [1.29, 1.82) is 0 Å². The van der Waals surface area contributed by atoms with Crippen LogP contribution in [0.1, 0.15) is 25.3 Å². The van der Waals surface area contributed by atoms with Crippen LogP contribution in [-0.4, -0.2) is 12.2 Å². The summed E-state index contributed by atoms with van der Waals surface area (Å²) in [5, 5.41) is 9.64. The van der Waals surface area contributed by atoms with Gasteiger partial charge in [0.1, 0.15) is 0 Å². The molecule has 2 heteroatoms. The molecule has 0 aromatic heterocycles. The highest BCUT2D eigenvalue weighted by Gasteiger charge is 2.10. The van der Waals surface area contributed by atoms with Crippen molar-refractivity contribution < 1.29 is 9.84 Å². The Bertz CT molecular complexity index is 545. The summed E-state index contributed by atoms with van der Waals surface area (Å²) < 4.78 is 5.16. The number of hydrogen-bond donors (Lipinski definition) is 1. The molecule has 2 aromatic carbocycles. The molecule has 94 valence electrons. The third-order valence-electron chi connectivity index (χ3n) is 3.07. The van der Waals surface area contributed by atoms with E-state index in [0.717, 1.165) is 5.56 Å². The Kier molecular flexibility index (Phi) is 3.56. The fourth-order valence-corrected chi connectivity index (χ4v) is 2.11. The smallest absolute Gasteiger partial charge is 0.161 e. The average molecular weight is 242 g/mol. The van der Waals surface area contributed by atoms with Crippen molar-refractivity contribution in [3.63, 3.8) is 0 Å². The van der Waals surface area contributed by atoms with Gasteiger partial charge >= 0.3 is 0 Å². The lowest BCUT2D eigenvalue weighted by molar-refractivity contribution is 0.373. The maximum atomic E-state index is 9.64. The number of rotatable bonds is 3. The topological polar surface area (TPSA) is 29.5 Å². The van der Waals surface area contributed by atoms with E-state index < -0.39 is 0 Å². The molecule has 0 radical (unpaired) electrons. The van der Waals surface area contributed by atoms with Crippen LogP contribution in [0.5, 0.6) is 11.5 Å². The maximum absolute atomic E-state index is 9.64. The van der Waals surface area contributed by atoms with Crippen molar-refractivity contribution in [2.45, 2.75) is 19.8 Å². The summed E-state index contributed by atoms with van der Waals surface area (Å²) in [6.45, 7) is 4.35. The average Bonchev–Trinajstić information content (AvgIpc) is 2.39. The van der Waals surface area contributed by atoms with Gasteiger partial charge in [-0.15, -0.1) is 0 Å². The van der Waals surface area contributed by atoms with E-state index in [9.17, 15) is 5.11 Å². The molecule has 2 nitrogen and oxygen atoms in total. The van der Waals surface area contributed by atoms with Gasteiger partial charge in [0.05, 0.1) is 7.11 Å². The molecular formula is C16H18O2. The molecule has 2 aromatic rings. The molecule has 0 amide bonds. The molecule has 0 saturated carbocycles. The first-order valence-electron chi connectivity index (χ1n) is 6.09. The van der Waals surface area contributed by atoms with Crippen LogP contribution in [0.2, 0.25) is 0 Å². The van der Waals surface area contributed by atoms with Crippen molar-refractivity contribution in [3.8, 4) is 22.6 Å². The number of methoxy groups -OCH3 is 1. The number of benzene rings is 2. The minimum Gasteiger partial charge on any atom is -0.504 e. The quantitative estimate of drug-likeness (QED) is 0.874. The summed E-state index contributed by atoms with van der Waals surface area (Å²) in [6, 6.07) is 13.8. The summed E-state index contributed by atoms with van der Waals surface area (Å²) in [7, 11) is 1.56. The van der Waals surface area contributed by atoms with Crippen LogP contribution in [-0.2, 0) is 0 Å². The zero-order valence-electron chi connectivity index (χ0n) is 11.0. The number of phenolic OH excluding ortho intramolecular Hbond substituents is 1. The Balaban J connectivity index is 2.55. The highest BCUT2D eigenvalue weighted by molar-refractivity contribution is 5.70. The van der Waals surface area contributed by atoms with E-state index in [1.165, 1.54) is 11.1 Å². The first kappa shape index (κ1) is 12.5. The summed E-state index contributed by atoms with van der Waals surface area (Å²) >= 11 is 0. The van der Waals surface area contributed by atoms with Gasteiger partial charge in [-0.1, -0.05) is 44.2 Å². The van der Waals surface area contributed by atoms with E-state index in [1.54, 1.807) is 13.2 Å². The molecule has 0 aliphatic heterocycles. The van der Waals surface area contributed by atoms with Gasteiger partial charge in [-0.25, -0.2) is 0 Å². The summed E-state index contributed by atoms with van der Waals surface area (Å²) in [6.07, 6.45) is 0. The molecule has 0 saturated heterocycles. The van der Waals surface area contributed by atoms with Gasteiger partial charge in [-0.3, -0.25) is 0 Å². The molecule has 0 aliphatic rings. The molecule has 18 heavy (non-hydrogen) atoms. The van der Waals surface area contributed by atoms with Crippen molar-refractivity contribution in [2.24, 2.45) is 0 Å². The van der Waals surface area contributed by atoms with Crippen LogP contribution in [0.3, 0.4) is 0 Å². The van der Waals surface area contributed by atoms with E-state index in [2.05, 4.69) is 32.0 Å². The Labute approximate surface area is 108 Å². The molecule has 0 aliphatic carbocycles. The van der Waals surface area contributed by atoms with Crippen LogP contribution in [0, 0.1) is 0 Å². The highest BCUT2D eigenvalue weighted by atomic mass is 16.5. The van der Waals surface area contributed by atoms with Crippen LogP contribution in [0.4, 0.5) is 0 Å². The minimum atomic E-state index is 0.170. The normalized spacial score (nSPS) is 10.7. The summed E-state index contributed by atoms with van der Waals surface area (Å²) in [4.78, 5) is 0. The lowest BCUT2D eigenvalue weighted by Gasteiger charge is -2.14. The predicted molar refractivity (Wildman–Crippen MR) is 74.2 cm³/mol. The lowest BCUT2D eigenvalue weighted by atomic mass is 9.92. The Morgan fingerprint density at radius 3 is 2.44 bits per heavy atom. The maximum Gasteiger partial charge on any atom is 0.161 e. The largest absolute Gasteiger partial charge is 0.504 e. The van der Waals surface area contributed by atoms with Crippen LogP contribution >= 0.6 is 0 Å². The van der Waals surface area contributed by atoms with Crippen molar-refractivity contribution in [2.75, 3.05) is 7.11 Å². The van der Waals surface area contributed by atoms with Crippen LogP contribution in [0.15, 0.2) is 42.5 Å². The van der Waals surface area contributed by atoms with E-state index in [-0.39, 0.29) is 5.75 Å². The Morgan fingerprint density at radius 1 is 1.06 bits per heavy atom. The number of aromatic hydroxyl groups is 1. The lowest BCUT2D eigenvalue weighted by Crippen LogP contribution is -1.92. The zero-order valence-corrected chi connectivity index (χ0v) is 11.0. The van der Waals surface area contributed by atoms with Gasteiger partial charge in [0.25, 0.3) is 0 Å². The second-order valence-corrected chi connectivity index (χ2v) is 4.63. The molecular weight excluding hydrogens is 224 g/mol. The standard InChI is InChI=1S/C16H18O2/c1-11(2)13-6-4-5-7-14(13)12-8-9-15(17)16(10-12)18-3/h4-11,17H,1-3H3. The molecule has 0 unspecified atom stereocenters. The van der Waals surface area contributed by atoms with E-state index >= 15 is 0 Å². The van der Waals surface area contributed by atoms with Gasteiger partial charge in [0.15, 0.2) is 11.5 Å². The molecule has 0 bridgehead atoms. The van der Waals surface area contributed by atoms with Gasteiger partial charge in [-0.05, 0) is 34.7 Å². The van der Waals surface area contributed by atoms with Crippen molar-refractivity contribution in [1.82, 2.24) is 0 Å². The number of ether oxygens (including phenoxy) is 1. The Hall–Kier alpha value is -1.96. The molecule has 0 atom stereocenters. The summed E-state index contributed by atoms with van der Waals surface area (Å²) in [5.74, 6) is 1.13. The second-order valence-electron chi connectivity index (χ2n) is 4.63. The minimum absolute atomic E-state index is 0.170. The highest BCUT2D eigenvalue weighted by Crippen LogP contribution is 2.34. The molecule has 2 rings (SSSR count). The van der Waals surface area contributed by atoms with Gasteiger partial charge in [0, 0.05) is 0 Å². The predicted octanol–water partition coefficient (Wildman–Crippen LogP) is 4.19. The van der Waals surface area contributed by atoms with Gasteiger partial charge in [0.2, 0.25) is 0 Å². The van der Waals surface area contributed by atoms with E-state index in [0.29, 0.717) is 11.7 Å². The first-order valence-corrected chi connectivity index (χ1v) is 6.09. The molecule has 0 heterocycles. The van der Waals surface area contributed by atoms with Crippen LogP contribution in [0.25, 0.3) is 11.1 Å².